The molecule has 0 aliphatic heterocycles. The molecule has 0 aliphatic carbocycles. The molecule has 0 aromatic heterocycles. The minimum atomic E-state index is -3.49. The first-order valence-electron chi connectivity index (χ1n) is 28.7. The molecule has 0 aromatic carbocycles. The van der Waals surface area contributed by atoms with Gasteiger partial charge in [0.1, 0.15) is 0 Å². The number of phosphoric acid groups is 1. The minimum absolute atomic E-state index is 0.478. The predicted molar refractivity (Wildman–Crippen MR) is 273 cm³/mol. The van der Waals surface area contributed by atoms with Crippen molar-refractivity contribution >= 4 is 7.82 Å². The average molecular weight is 884 g/mol. The van der Waals surface area contributed by atoms with Crippen LogP contribution in [0.25, 0.3) is 0 Å². The van der Waals surface area contributed by atoms with Gasteiger partial charge in [0, 0.05) is 0 Å². The van der Waals surface area contributed by atoms with E-state index in [-0.39, 0.29) is 0 Å². The fourth-order valence-corrected chi connectivity index (χ4v) is 10.2. The van der Waals surface area contributed by atoms with Crippen LogP contribution in [0.1, 0.15) is 342 Å². The summed E-state index contributed by atoms with van der Waals surface area (Å²) in [7, 11) is -3.49. The lowest BCUT2D eigenvalue weighted by Gasteiger charge is -2.18. The van der Waals surface area contributed by atoms with Crippen molar-refractivity contribution in [3.63, 3.8) is 0 Å². The number of phosphoric ester groups is 1. The van der Waals surface area contributed by atoms with Crippen LogP contribution >= 0.6 is 7.82 Å². The van der Waals surface area contributed by atoms with E-state index in [2.05, 4.69) is 20.8 Å². The van der Waals surface area contributed by atoms with Gasteiger partial charge in [0.2, 0.25) is 0 Å². The van der Waals surface area contributed by atoms with Crippen molar-refractivity contribution in [1.29, 1.82) is 0 Å². The molecule has 0 heterocycles. The van der Waals surface area contributed by atoms with Crippen molar-refractivity contribution in [2.75, 3.05) is 19.8 Å². The molecule has 0 saturated heterocycles. The summed E-state index contributed by atoms with van der Waals surface area (Å²) in [4.78, 5) is 0. The first-order valence-corrected chi connectivity index (χ1v) is 30.2. The Kier molecular flexibility index (Phi) is 54.5. The van der Waals surface area contributed by atoms with Crippen LogP contribution in [0.3, 0.4) is 0 Å². The third-order valence-corrected chi connectivity index (χ3v) is 14.7. The summed E-state index contributed by atoms with van der Waals surface area (Å²) in [5.74, 6) is 0. The van der Waals surface area contributed by atoms with Crippen molar-refractivity contribution in [2.24, 2.45) is 0 Å². The second-order valence-electron chi connectivity index (χ2n) is 19.6. The molecule has 61 heavy (non-hydrogen) atoms. The van der Waals surface area contributed by atoms with Gasteiger partial charge in [-0.05, 0) is 19.3 Å². The molecule has 0 unspecified atom stereocenters. The molecule has 0 amide bonds. The number of rotatable bonds is 56. The molecule has 0 aromatic rings. The molecular weight excluding hydrogens is 768 g/mol. The number of hydrogen-bond acceptors (Lipinski definition) is 4. The topological polar surface area (TPSA) is 44.8 Å². The van der Waals surface area contributed by atoms with Crippen molar-refractivity contribution < 1.29 is 18.1 Å². The van der Waals surface area contributed by atoms with E-state index in [9.17, 15) is 4.57 Å². The van der Waals surface area contributed by atoms with Gasteiger partial charge < -0.3 is 0 Å². The van der Waals surface area contributed by atoms with Crippen LogP contribution in [-0.4, -0.2) is 19.8 Å². The Bertz CT molecular complexity index is 770. The molecular formula is C56H115O4P. The summed E-state index contributed by atoms with van der Waals surface area (Å²) in [5, 5.41) is 0. The molecule has 0 bridgehead atoms. The molecule has 0 radical (unpaired) electrons. The lowest BCUT2D eigenvalue weighted by molar-refractivity contribution is 0.108. The fraction of sp³-hybridized carbons (Fsp3) is 1.00. The summed E-state index contributed by atoms with van der Waals surface area (Å²) in [6.07, 6.45) is 67.6. The fourth-order valence-electron chi connectivity index (χ4n) is 8.94. The molecule has 0 fully saturated rings. The maximum absolute atomic E-state index is 13.6. The quantitative estimate of drug-likeness (QED) is 0.0451. The standard InChI is InChI=1S/C56H115O4P/c1-4-7-10-13-16-19-22-24-26-28-30-32-34-36-38-40-43-46-49-52-55-59-61(57,58-54-51-48-45-42-21-18-15-12-9-6-3)60-56-53-50-47-44-41-39-37-35-33-31-29-27-25-23-20-17-14-11-8-5-2/h4-56H2,1-3H3. The maximum Gasteiger partial charge on any atom is 0.474 e. The monoisotopic (exact) mass is 883 g/mol. The third kappa shape index (κ3) is 52.6. The lowest BCUT2D eigenvalue weighted by Crippen LogP contribution is -2.04. The summed E-state index contributed by atoms with van der Waals surface area (Å²) in [6.45, 7) is 8.32. The number of unbranched alkanes of at least 4 members (excludes halogenated alkanes) is 47. The molecule has 4 nitrogen and oxygen atoms in total. The second kappa shape index (κ2) is 54.4. The second-order valence-corrected chi connectivity index (χ2v) is 21.2. The van der Waals surface area contributed by atoms with Gasteiger partial charge in [-0.15, -0.1) is 0 Å². The third-order valence-electron chi connectivity index (χ3n) is 13.2. The Hall–Kier alpha value is 0.110. The van der Waals surface area contributed by atoms with Crippen molar-refractivity contribution in [3.05, 3.63) is 0 Å². The minimum Gasteiger partial charge on any atom is -0.287 e. The van der Waals surface area contributed by atoms with Crippen LogP contribution in [-0.2, 0) is 18.1 Å². The van der Waals surface area contributed by atoms with Crippen molar-refractivity contribution in [2.45, 2.75) is 342 Å². The Labute approximate surface area is 386 Å². The smallest absolute Gasteiger partial charge is 0.287 e. The first kappa shape index (κ1) is 61.1. The van der Waals surface area contributed by atoms with E-state index >= 15 is 0 Å². The van der Waals surface area contributed by atoms with Gasteiger partial charge in [-0.3, -0.25) is 13.6 Å². The van der Waals surface area contributed by atoms with Gasteiger partial charge in [0.15, 0.2) is 0 Å². The van der Waals surface area contributed by atoms with E-state index in [0.29, 0.717) is 19.8 Å². The normalized spacial score (nSPS) is 12.0. The van der Waals surface area contributed by atoms with Crippen LogP contribution in [0.2, 0.25) is 0 Å². The Morgan fingerprint density at radius 2 is 0.311 bits per heavy atom. The van der Waals surface area contributed by atoms with Gasteiger partial charge in [-0.2, -0.15) is 0 Å². The van der Waals surface area contributed by atoms with Crippen molar-refractivity contribution in [1.82, 2.24) is 0 Å². The lowest BCUT2D eigenvalue weighted by atomic mass is 10.0. The van der Waals surface area contributed by atoms with E-state index in [0.717, 1.165) is 38.5 Å². The van der Waals surface area contributed by atoms with E-state index < -0.39 is 7.82 Å². The Morgan fingerprint density at radius 1 is 0.197 bits per heavy atom. The Morgan fingerprint density at radius 3 is 0.443 bits per heavy atom. The predicted octanol–water partition coefficient (Wildman–Crippen LogP) is 21.7. The van der Waals surface area contributed by atoms with E-state index in [1.165, 1.54) is 283 Å². The van der Waals surface area contributed by atoms with Crippen LogP contribution < -0.4 is 0 Å². The van der Waals surface area contributed by atoms with Crippen LogP contribution in [0, 0.1) is 0 Å². The van der Waals surface area contributed by atoms with Gasteiger partial charge in [-0.25, -0.2) is 4.57 Å². The molecule has 0 rings (SSSR count). The van der Waals surface area contributed by atoms with Crippen LogP contribution in [0.5, 0.6) is 0 Å². The molecule has 368 valence electrons. The van der Waals surface area contributed by atoms with Gasteiger partial charge in [0.25, 0.3) is 0 Å². The van der Waals surface area contributed by atoms with Gasteiger partial charge in [-0.1, -0.05) is 323 Å². The van der Waals surface area contributed by atoms with Crippen LogP contribution in [0.15, 0.2) is 0 Å². The maximum atomic E-state index is 13.6. The molecule has 0 spiro atoms. The zero-order chi connectivity index (χ0) is 44.1. The van der Waals surface area contributed by atoms with E-state index in [1.807, 2.05) is 0 Å². The van der Waals surface area contributed by atoms with Gasteiger partial charge >= 0.3 is 7.82 Å². The molecule has 0 aliphatic rings. The highest BCUT2D eigenvalue weighted by molar-refractivity contribution is 7.48. The largest absolute Gasteiger partial charge is 0.474 e. The van der Waals surface area contributed by atoms with Crippen LogP contribution in [0.4, 0.5) is 0 Å². The summed E-state index contributed by atoms with van der Waals surface area (Å²) in [6, 6.07) is 0. The van der Waals surface area contributed by atoms with E-state index in [4.69, 9.17) is 13.6 Å². The van der Waals surface area contributed by atoms with Crippen molar-refractivity contribution in [3.8, 4) is 0 Å². The average Bonchev–Trinajstić information content (AvgIpc) is 3.26. The summed E-state index contributed by atoms with van der Waals surface area (Å²) >= 11 is 0. The molecule has 0 atom stereocenters. The van der Waals surface area contributed by atoms with E-state index in [1.54, 1.807) is 0 Å². The first-order chi connectivity index (χ1) is 30.2. The number of hydrogen-bond donors (Lipinski definition) is 0. The zero-order valence-corrected chi connectivity index (χ0v) is 43.5. The molecule has 0 N–H and O–H groups in total. The molecule has 5 heteroatoms. The summed E-state index contributed by atoms with van der Waals surface area (Å²) in [5.41, 5.74) is 0. The SMILES string of the molecule is CCCCCCCCCCCCCCCCCCCCCCOP(=O)(OCCCCCCCCCCCC)OCCCCCCCCCCCCCCCCCCCCCC. The van der Waals surface area contributed by atoms with Gasteiger partial charge in [0.05, 0.1) is 19.8 Å². The highest BCUT2D eigenvalue weighted by atomic mass is 31.2. The molecule has 0 saturated carbocycles. The zero-order valence-electron chi connectivity index (χ0n) is 42.6. The Balaban J connectivity index is 3.97. The summed E-state index contributed by atoms with van der Waals surface area (Å²) < 4.78 is 31.3. The highest BCUT2D eigenvalue weighted by Crippen LogP contribution is 2.50. The highest BCUT2D eigenvalue weighted by Gasteiger charge is 2.26.